The average Bonchev–Trinajstić information content (AvgIpc) is 2.69. The zero-order valence-electron chi connectivity index (χ0n) is 17.3. The van der Waals surface area contributed by atoms with Crippen LogP contribution in [0.25, 0.3) is 0 Å². The molecule has 3 rings (SSSR count). The van der Waals surface area contributed by atoms with E-state index in [0.717, 1.165) is 64.6 Å². The van der Waals surface area contributed by atoms with E-state index in [4.69, 9.17) is 4.74 Å². The van der Waals surface area contributed by atoms with Crippen LogP contribution in [0.1, 0.15) is 36.7 Å². The van der Waals surface area contributed by atoms with Gasteiger partial charge in [-0.15, -0.1) is 0 Å². The van der Waals surface area contributed by atoms with Crippen molar-refractivity contribution in [2.45, 2.75) is 32.9 Å². The van der Waals surface area contributed by atoms with E-state index in [0.29, 0.717) is 6.47 Å². The lowest BCUT2D eigenvalue weighted by Gasteiger charge is -2.28. The van der Waals surface area contributed by atoms with Gasteiger partial charge < -0.3 is 19.7 Å². The number of morpholine rings is 1. The molecule has 0 unspecified atom stereocenters. The summed E-state index contributed by atoms with van der Waals surface area (Å²) in [5.74, 6) is 0.148. The molecule has 156 valence electrons. The van der Waals surface area contributed by atoms with Crippen LogP contribution >= 0.6 is 0 Å². The number of carbonyl (C=O) groups is 2. The molecular formula is C21H33N3O4. The maximum absolute atomic E-state index is 12.4. The summed E-state index contributed by atoms with van der Waals surface area (Å²) in [5, 5.41) is 3.27. The third-order valence-electron chi connectivity index (χ3n) is 4.52. The third-order valence-corrected chi connectivity index (χ3v) is 4.52. The predicted molar refractivity (Wildman–Crippen MR) is 108 cm³/mol. The van der Waals surface area contributed by atoms with Gasteiger partial charge in [-0.1, -0.05) is 12.1 Å². The van der Waals surface area contributed by atoms with Gasteiger partial charge in [-0.05, 0) is 38.5 Å². The van der Waals surface area contributed by atoms with Crippen molar-refractivity contribution in [2.24, 2.45) is 0 Å². The zero-order valence-corrected chi connectivity index (χ0v) is 17.3. The van der Waals surface area contributed by atoms with Crippen LogP contribution in [0.15, 0.2) is 24.3 Å². The highest BCUT2D eigenvalue weighted by atomic mass is 16.5. The Morgan fingerprint density at radius 3 is 2.21 bits per heavy atom. The number of amides is 1. The van der Waals surface area contributed by atoms with Crippen molar-refractivity contribution in [1.29, 1.82) is 0 Å². The van der Waals surface area contributed by atoms with Crippen LogP contribution in [-0.2, 0) is 20.8 Å². The van der Waals surface area contributed by atoms with Gasteiger partial charge >= 0.3 is 0 Å². The Bertz CT molecular complexity index is 601. The minimum atomic E-state index is -0.318. The number of benzene rings is 1. The number of nitrogens with zero attached hydrogens (tertiary/aromatic N) is 2. The number of rotatable bonds is 4. The van der Waals surface area contributed by atoms with Gasteiger partial charge in [0.25, 0.3) is 12.4 Å². The van der Waals surface area contributed by atoms with Crippen LogP contribution in [0.2, 0.25) is 0 Å². The van der Waals surface area contributed by atoms with Crippen molar-refractivity contribution in [1.82, 2.24) is 15.1 Å². The molecule has 7 heteroatoms. The van der Waals surface area contributed by atoms with Crippen molar-refractivity contribution in [3.8, 4) is 0 Å². The van der Waals surface area contributed by atoms with Gasteiger partial charge in [-0.25, -0.2) is 0 Å². The predicted octanol–water partition coefficient (Wildman–Crippen LogP) is 1.52. The Balaban J connectivity index is 0.000000345. The summed E-state index contributed by atoms with van der Waals surface area (Å²) in [6, 6.07) is 8.07. The molecule has 0 radical (unpaired) electrons. The molecule has 28 heavy (non-hydrogen) atoms. The maximum Gasteiger partial charge on any atom is 0.293 e. The molecule has 1 N–H and O–H groups in total. The van der Waals surface area contributed by atoms with Gasteiger partial charge in [0.05, 0.1) is 13.2 Å². The highest BCUT2D eigenvalue weighted by Crippen LogP contribution is 2.11. The first kappa shape index (κ1) is 22.3. The lowest BCUT2D eigenvalue weighted by molar-refractivity contribution is -0.138. The fourth-order valence-corrected chi connectivity index (χ4v) is 2.97. The Labute approximate surface area is 168 Å². The average molecular weight is 392 g/mol. The largest absolute Gasteiger partial charge is 0.462 e. The van der Waals surface area contributed by atoms with Crippen molar-refractivity contribution >= 4 is 12.4 Å². The minimum Gasteiger partial charge on any atom is -0.462 e. The summed E-state index contributed by atoms with van der Waals surface area (Å²) >= 11 is 0. The van der Waals surface area contributed by atoms with E-state index >= 15 is 0 Å². The summed E-state index contributed by atoms with van der Waals surface area (Å²) < 4.78 is 9.91. The second kappa shape index (κ2) is 11.1. The maximum atomic E-state index is 12.4. The summed E-state index contributed by atoms with van der Waals surface area (Å²) in [6.07, 6.45) is 0. The Morgan fingerprint density at radius 2 is 1.71 bits per heavy atom. The molecule has 0 saturated carbocycles. The second-order valence-electron chi connectivity index (χ2n) is 7.95. The number of hydrogen-bond donors (Lipinski definition) is 1. The molecule has 0 bridgehead atoms. The zero-order chi connectivity index (χ0) is 20.4. The molecule has 1 amide bonds. The lowest BCUT2D eigenvalue weighted by atomic mass is 10.1. The number of ether oxygens (including phenoxy) is 2. The van der Waals surface area contributed by atoms with E-state index in [1.807, 2.05) is 37.8 Å². The third kappa shape index (κ3) is 7.96. The van der Waals surface area contributed by atoms with Crippen LogP contribution in [0.4, 0.5) is 0 Å². The van der Waals surface area contributed by atoms with E-state index < -0.39 is 0 Å². The molecule has 0 aromatic heterocycles. The summed E-state index contributed by atoms with van der Waals surface area (Å²) in [6.45, 7) is 13.8. The molecule has 1 aromatic carbocycles. The van der Waals surface area contributed by atoms with Crippen LogP contribution < -0.4 is 5.32 Å². The number of piperazine rings is 1. The van der Waals surface area contributed by atoms with Crippen LogP contribution in [0.3, 0.4) is 0 Å². The topological polar surface area (TPSA) is 71.1 Å². The molecule has 0 aliphatic carbocycles. The summed E-state index contributed by atoms with van der Waals surface area (Å²) in [5.41, 5.74) is 1.73. The van der Waals surface area contributed by atoms with Gasteiger partial charge in [0, 0.05) is 51.4 Å². The highest BCUT2D eigenvalue weighted by Gasteiger charge is 2.18. The fourth-order valence-electron chi connectivity index (χ4n) is 2.97. The standard InChI is InChI=1S/C16H23N3O2.C5H10O2/c20-16(19-7-5-17-6-8-19)15-3-1-14(2-4-15)13-18-9-11-21-12-10-18;1-5(2,3)7-4-6/h1-4,17H,5-13H2;4H,1-3H3. The molecule has 0 spiro atoms. The molecular weight excluding hydrogens is 358 g/mol. The van der Waals surface area contributed by atoms with E-state index in [-0.39, 0.29) is 11.5 Å². The number of hydrogen-bond acceptors (Lipinski definition) is 6. The molecule has 2 fully saturated rings. The molecule has 2 heterocycles. The molecule has 2 saturated heterocycles. The Hall–Kier alpha value is -1.96. The van der Waals surface area contributed by atoms with E-state index in [1.54, 1.807) is 0 Å². The first-order chi connectivity index (χ1) is 13.4. The van der Waals surface area contributed by atoms with Crippen molar-refractivity contribution < 1.29 is 19.1 Å². The number of carbonyl (C=O) groups excluding carboxylic acids is 2. The normalized spacial score (nSPS) is 18.0. The molecule has 1 aromatic rings. The molecule has 0 atom stereocenters. The van der Waals surface area contributed by atoms with Gasteiger partial charge in [-0.2, -0.15) is 0 Å². The molecule has 2 aliphatic heterocycles. The monoisotopic (exact) mass is 391 g/mol. The summed E-state index contributed by atoms with van der Waals surface area (Å²) in [4.78, 5) is 26.3. The molecule has 7 nitrogen and oxygen atoms in total. The van der Waals surface area contributed by atoms with Crippen molar-refractivity contribution in [3.63, 3.8) is 0 Å². The van der Waals surface area contributed by atoms with Gasteiger partial charge in [0.2, 0.25) is 0 Å². The highest BCUT2D eigenvalue weighted by molar-refractivity contribution is 5.94. The van der Waals surface area contributed by atoms with Crippen molar-refractivity contribution in [3.05, 3.63) is 35.4 Å². The number of nitrogens with one attached hydrogen (secondary N) is 1. The smallest absolute Gasteiger partial charge is 0.293 e. The lowest BCUT2D eigenvalue weighted by Crippen LogP contribution is -2.46. The SMILES string of the molecule is CC(C)(C)OC=O.O=C(c1ccc(CN2CCOCC2)cc1)N1CCNCC1. The summed E-state index contributed by atoms with van der Waals surface area (Å²) in [7, 11) is 0. The van der Waals surface area contributed by atoms with Gasteiger partial charge in [0.1, 0.15) is 5.60 Å². The second-order valence-corrected chi connectivity index (χ2v) is 7.95. The molecule has 2 aliphatic rings. The van der Waals surface area contributed by atoms with Gasteiger partial charge in [0.15, 0.2) is 0 Å². The first-order valence-electron chi connectivity index (χ1n) is 9.89. The first-order valence-corrected chi connectivity index (χ1v) is 9.89. The quantitative estimate of drug-likeness (QED) is 0.785. The Kier molecular flexibility index (Phi) is 8.89. The van der Waals surface area contributed by atoms with E-state index in [1.165, 1.54) is 5.56 Å². The van der Waals surface area contributed by atoms with Crippen LogP contribution in [0, 0.1) is 0 Å². The van der Waals surface area contributed by atoms with Crippen LogP contribution in [-0.4, -0.2) is 80.3 Å². The van der Waals surface area contributed by atoms with Crippen LogP contribution in [0.5, 0.6) is 0 Å². The van der Waals surface area contributed by atoms with Gasteiger partial charge in [-0.3, -0.25) is 14.5 Å². The minimum absolute atomic E-state index is 0.148. The van der Waals surface area contributed by atoms with Crippen molar-refractivity contribution in [2.75, 3.05) is 52.5 Å². The van der Waals surface area contributed by atoms with E-state index in [2.05, 4.69) is 27.1 Å². The Morgan fingerprint density at radius 1 is 1.11 bits per heavy atom. The van der Waals surface area contributed by atoms with E-state index in [9.17, 15) is 9.59 Å². The fraction of sp³-hybridized carbons (Fsp3) is 0.619.